The lowest BCUT2D eigenvalue weighted by Crippen LogP contribution is -2.22. The SMILES string of the molecule is CCC(=O)NCc1cc(F)c(OC(=O)C(C)C)c(F)c1. The minimum absolute atomic E-state index is 0.0128. The molecule has 0 saturated carbocycles. The van der Waals surface area contributed by atoms with Crippen LogP contribution in [0.15, 0.2) is 12.1 Å². The molecule has 0 radical (unpaired) electrons. The smallest absolute Gasteiger partial charge is 0.313 e. The zero-order chi connectivity index (χ0) is 15.3. The summed E-state index contributed by atoms with van der Waals surface area (Å²) < 4.78 is 32.1. The molecule has 0 heterocycles. The summed E-state index contributed by atoms with van der Waals surface area (Å²) in [5, 5.41) is 2.50. The largest absolute Gasteiger partial charge is 0.420 e. The maximum absolute atomic E-state index is 13.7. The number of hydrogen-bond donors (Lipinski definition) is 1. The van der Waals surface area contributed by atoms with Crippen molar-refractivity contribution in [1.82, 2.24) is 5.32 Å². The summed E-state index contributed by atoms with van der Waals surface area (Å²) in [4.78, 5) is 22.4. The zero-order valence-electron chi connectivity index (χ0n) is 11.6. The van der Waals surface area contributed by atoms with Crippen LogP contribution in [0.2, 0.25) is 0 Å². The number of benzene rings is 1. The van der Waals surface area contributed by atoms with Crippen molar-refractivity contribution in [1.29, 1.82) is 0 Å². The summed E-state index contributed by atoms with van der Waals surface area (Å²) in [5.41, 5.74) is 0.256. The first-order chi connectivity index (χ1) is 9.35. The minimum atomic E-state index is -0.972. The lowest BCUT2D eigenvalue weighted by atomic mass is 10.2. The summed E-state index contributed by atoms with van der Waals surface area (Å²) in [6, 6.07) is 2.06. The van der Waals surface area contributed by atoms with Crippen molar-refractivity contribution in [3.63, 3.8) is 0 Å². The Labute approximate surface area is 116 Å². The van der Waals surface area contributed by atoms with Crippen LogP contribution in [-0.2, 0) is 16.1 Å². The van der Waals surface area contributed by atoms with E-state index >= 15 is 0 Å². The standard InChI is InChI=1S/C14H17F2NO3/c1-4-12(18)17-7-9-5-10(15)13(11(16)6-9)20-14(19)8(2)3/h5-6,8H,4,7H2,1-3H3,(H,17,18). The molecule has 0 bridgehead atoms. The van der Waals surface area contributed by atoms with Gasteiger partial charge in [0.05, 0.1) is 5.92 Å². The molecule has 1 N–H and O–H groups in total. The van der Waals surface area contributed by atoms with Crippen LogP contribution in [-0.4, -0.2) is 11.9 Å². The Morgan fingerprint density at radius 2 is 1.80 bits per heavy atom. The molecule has 20 heavy (non-hydrogen) atoms. The van der Waals surface area contributed by atoms with Crippen molar-refractivity contribution < 1.29 is 23.1 Å². The van der Waals surface area contributed by atoms with E-state index in [1.807, 2.05) is 0 Å². The third-order valence-corrected chi connectivity index (χ3v) is 2.54. The predicted octanol–water partition coefficient (Wildman–Crippen LogP) is 2.55. The maximum atomic E-state index is 13.7. The van der Waals surface area contributed by atoms with Crippen LogP contribution in [0.5, 0.6) is 5.75 Å². The number of carbonyl (C=O) groups excluding carboxylic acids is 2. The van der Waals surface area contributed by atoms with E-state index in [1.54, 1.807) is 20.8 Å². The molecule has 110 valence electrons. The van der Waals surface area contributed by atoms with E-state index in [4.69, 9.17) is 0 Å². The van der Waals surface area contributed by atoms with Crippen LogP contribution in [0, 0.1) is 17.6 Å². The molecule has 0 aromatic heterocycles. The number of halogens is 2. The molecule has 4 nitrogen and oxygen atoms in total. The van der Waals surface area contributed by atoms with Gasteiger partial charge < -0.3 is 10.1 Å². The Kier molecular flexibility index (Phi) is 5.61. The molecule has 1 amide bonds. The fourth-order valence-electron chi connectivity index (χ4n) is 1.36. The van der Waals surface area contributed by atoms with Gasteiger partial charge in [0.2, 0.25) is 11.7 Å². The fraction of sp³-hybridized carbons (Fsp3) is 0.429. The van der Waals surface area contributed by atoms with Gasteiger partial charge in [-0.05, 0) is 17.7 Å². The van der Waals surface area contributed by atoms with E-state index in [2.05, 4.69) is 10.1 Å². The highest BCUT2D eigenvalue weighted by Gasteiger charge is 2.18. The second-order valence-corrected chi connectivity index (χ2v) is 4.59. The molecule has 0 fully saturated rings. The van der Waals surface area contributed by atoms with Gasteiger partial charge in [-0.3, -0.25) is 9.59 Å². The third-order valence-electron chi connectivity index (χ3n) is 2.54. The van der Waals surface area contributed by atoms with Crippen LogP contribution in [0.1, 0.15) is 32.8 Å². The average Bonchev–Trinajstić information content (AvgIpc) is 2.39. The summed E-state index contributed by atoms with van der Waals surface area (Å²) in [6.07, 6.45) is 0.287. The van der Waals surface area contributed by atoms with Crippen LogP contribution in [0.25, 0.3) is 0 Å². The van der Waals surface area contributed by atoms with E-state index in [1.165, 1.54) is 0 Å². The van der Waals surface area contributed by atoms with Gasteiger partial charge >= 0.3 is 5.97 Å². The number of rotatable bonds is 5. The number of hydrogen-bond acceptors (Lipinski definition) is 3. The fourth-order valence-corrected chi connectivity index (χ4v) is 1.36. The monoisotopic (exact) mass is 285 g/mol. The van der Waals surface area contributed by atoms with E-state index < -0.39 is 29.3 Å². The Morgan fingerprint density at radius 3 is 2.25 bits per heavy atom. The Morgan fingerprint density at radius 1 is 1.25 bits per heavy atom. The van der Waals surface area contributed by atoms with Crippen molar-refractivity contribution >= 4 is 11.9 Å². The molecule has 0 aliphatic rings. The predicted molar refractivity (Wildman–Crippen MR) is 69.0 cm³/mol. The Bertz CT molecular complexity index is 492. The summed E-state index contributed by atoms with van der Waals surface area (Å²) in [7, 11) is 0. The van der Waals surface area contributed by atoms with Crippen LogP contribution in [0.4, 0.5) is 8.78 Å². The van der Waals surface area contributed by atoms with Crippen molar-refractivity contribution in [3.8, 4) is 5.75 Å². The molecule has 1 aromatic rings. The zero-order valence-corrected chi connectivity index (χ0v) is 11.6. The lowest BCUT2D eigenvalue weighted by Gasteiger charge is -2.10. The molecule has 1 rings (SSSR count). The van der Waals surface area contributed by atoms with E-state index in [0.29, 0.717) is 0 Å². The quantitative estimate of drug-likeness (QED) is 0.668. The Balaban J connectivity index is 2.86. The van der Waals surface area contributed by atoms with Crippen molar-refractivity contribution in [2.45, 2.75) is 33.7 Å². The highest BCUT2D eigenvalue weighted by atomic mass is 19.1. The van der Waals surface area contributed by atoms with Crippen LogP contribution < -0.4 is 10.1 Å². The second-order valence-electron chi connectivity index (χ2n) is 4.59. The molecule has 0 saturated heterocycles. The Hall–Kier alpha value is -1.98. The van der Waals surface area contributed by atoms with E-state index in [-0.39, 0.29) is 24.4 Å². The van der Waals surface area contributed by atoms with Crippen molar-refractivity contribution in [3.05, 3.63) is 29.3 Å². The number of esters is 1. The van der Waals surface area contributed by atoms with Gasteiger partial charge in [-0.2, -0.15) is 0 Å². The van der Waals surface area contributed by atoms with Gasteiger partial charge in [-0.25, -0.2) is 8.78 Å². The first kappa shape index (κ1) is 16.1. The van der Waals surface area contributed by atoms with Gasteiger partial charge in [0, 0.05) is 13.0 Å². The third kappa shape index (κ3) is 4.29. The number of carbonyl (C=O) groups is 2. The summed E-state index contributed by atoms with van der Waals surface area (Å²) in [5.74, 6) is -4.08. The van der Waals surface area contributed by atoms with Crippen molar-refractivity contribution in [2.75, 3.05) is 0 Å². The summed E-state index contributed by atoms with van der Waals surface area (Å²) >= 11 is 0. The molecule has 0 atom stereocenters. The highest BCUT2D eigenvalue weighted by molar-refractivity contribution is 5.75. The first-order valence-electron chi connectivity index (χ1n) is 6.31. The van der Waals surface area contributed by atoms with Gasteiger partial charge in [0.15, 0.2) is 11.6 Å². The van der Waals surface area contributed by atoms with Crippen LogP contribution in [0.3, 0.4) is 0 Å². The van der Waals surface area contributed by atoms with Gasteiger partial charge in [0.25, 0.3) is 0 Å². The second kappa shape index (κ2) is 6.98. The molecule has 0 unspecified atom stereocenters. The lowest BCUT2D eigenvalue weighted by molar-refractivity contribution is -0.138. The molecular formula is C14H17F2NO3. The van der Waals surface area contributed by atoms with Crippen LogP contribution >= 0.6 is 0 Å². The molecule has 6 heteroatoms. The average molecular weight is 285 g/mol. The van der Waals surface area contributed by atoms with Gasteiger partial charge in [0.1, 0.15) is 0 Å². The van der Waals surface area contributed by atoms with E-state index in [9.17, 15) is 18.4 Å². The van der Waals surface area contributed by atoms with Crippen molar-refractivity contribution in [2.24, 2.45) is 5.92 Å². The summed E-state index contributed by atoms with van der Waals surface area (Å²) in [6.45, 7) is 4.81. The van der Waals surface area contributed by atoms with E-state index in [0.717, 1.165) is 12.1 Å². The molecule has 0 aliphatic carbocycles. The van der Waals surface area contributed by atoms with Gasteiger partial charge in [-0.1, -0.05) is 20.8 Å². The normalized spacial score (nSPS) is 10.5. The highest BCUT2D eigenvalue weighted by Crippen LogP contribution is 2.24. The minimum Gasteiger partial charge on any atom is -0.420 e. The number of amides is 1. The molecule has 0 aliphatic heterocycles. The topological polar surface area (TPSA) is 55.4 Å². The molecule has 0 spiro atoms. The van der Waals surface area contributed by atoms with Gasteiger partial charge in [-0.15, -0.1) is 0 Å². The molecular weight excluding hydrogens is 268 g/mol. The first-order valence-corrected chi connectivity index (χ1v) is 6.31. The number of ether oxygens (including phenoxy) is 1. The number of nitrogens with one attached hydrogen (secondary N) is 1. The maximum Gasteiger partial charge on any atom is 0.313 e. The molecule has 1 aromatic carbocycles.